The second kappa shape index (κ2) is 11.4. The summed E-state index contributed by atoms with van der Waals surface area (Å²) in [6.07, 6.45) is 2.11. The quantitative estimate of drug-likeness (QED) is 0.398. The van der Waals surface area contributed by atoms with Gasteiger partial charge in [0.05, 0.1) is 0 Å². The first-order valence-corrected chi connectivity index (χ1v) is 5.31. The summed E-state index contributed by atoms with van der Waals surface area (Å²) in [4.78, 5) is 34.6. The van der Waals surface area contributed by atoms with Gasteiger partial charge in [0.15, 0.2) is 0 Å². The monoisotopic (exact) mass is 250 g/mol. The second-order valence-corrected chi connectivity index (χ2v) is 3.53. The molecule has 16 heavy (non-hydrogen) atoms. The lowest BCUT2D eigenvalue weighted by Gasteiger charge is -1.87. The molecular weight excluding hydrogens is 235 g/mol. The Balaban J connectivity index is -0.000000160. The first-order valence-electron chi connectivity index (χ1n) is 3.63. The molecule has 0 aromatic rings. The first kappa shape index (κ1) is 19.8. The number of primary amides is 2. The zero-order valence-electron chi connectivity index (χ0n) is 8.57. The minimum Gasteiger partial charge on any atom is -0.366 e. The lowest BCUT2D eigenvalue weighted by atomic mass is 10.6. The summed E-state index contributed by atoms with van der Waals surface area (Å²) in [7, 11) is -3.88. The molecule has 6 N–H and O–H groups in total. The Morgan fingerprint density at radius 3 is 1.12 bits per heavy atom. The summed E-state index contributed by atoms with van der Waals surface area (Å²) in [6.45, 7) is 9.04. The van der Waals surface area contributed by atoms with E-state index in [1.165, 1.54) is 0 Å². The third-order valence-corrected chi connectivity index (χ3v) is 1.12. The van der Waals surface area contributed by atoms with E-state index in [4.69, 9.17) is 9.79 Å². The average Bonchev–Trinajstić information content (AvgIpc) is 2.18. The standard InChI is InChI=1S/2C3H5NO.C2H5O3P/c2*1-2-3(4)5;1-2-6(3,4)5/h2*2H,1H2,(H2,4,5);2H,1H2,(H2,3,4,5). The zero-order chi connectivity index (χ0) is 13.8. The largest absolute Gasteiger partial charge is 0.366 e. The Bertz CT molecular complexity index is 290. The minimum atomic E-state index is -3.88. The van der Waals surface area contributed by atoms with E-state index in [9.17, 15) is 14.2 Å². The fraction of sp³-hybridized carbons (Fsp3) is 0. The Hall–Kier alpha value is -1.69. The number of amides is 2. The van der Waals surface area contributed by atoms with Gasteiger partial charge in [0.2, 0.25) is 11.8 Å². The van der Waals surface area contributed by atoms with Gasteiger partial charge in [-0.15, -0.1) is 0 Å². The number of rotatable bonds is 3. The molecule has 0 heterocycles. The highest BCUT2D eigenvalue weighted by Crippen LogP contribution is 2.34. The van der Waals surface area contributed by atoms with Crippen LogP contribution in [-0.4, -0.2) is 21.6 Å². The van der Waals surface area contributed by atoms with E-state index < -0.39 is 19.4 Å². The van der Waals surface area contributed by atoms with Gasteiger partial charge < -0.3 is 21.3 Å². The van der Waals surface area contributed by atoms with E-state index in [1.54, 1.807) is 0 Å². The van der Waals surface area contributed by atoms with Crippen LogP contribution in [0.1, 0.15) is 0 Å². The van der Waals surface area contributed by atoms with Crippen LogP contribution in [0.2, 0.25) is 0 Å². The predicted octanol–water partition coefficient (Wildman–Crippen LogP) is -0.377. The molecule has 0 atom stereocenters. The SMILES string of the molecule is C=CC(N)=O.C=CC(N)=O.C=CP(=O)(O)O. The molecule has 92 valence electrons. The lowest BCUT2D eigenvalue weighted by molar-refractivity contribution is -0.114. The van der Waals surface area contributed by atoms with Gasteiger partial charge in [-0.2, -0.15) is 0 Å². The van der Waals surface area contributed by atoms with Crippen molar-refractivity contribution in [2.24, 2.45) is 11.5 Å². The van der Waals surface area contributed by atoms with Crippen molar-refractivity contribution < 1.29 is 23.9 Å². The van der Waals surface area contributed by atoms with E-state index in [-0.39, 0.29) is 0 Å². The van der Waals surface area contributed by atoms with E-state index in [1.807, 2.05) is 0 Å². The molecule has 0 bridgehead atoms. The molecule has 0 radical (unpaired) electrons. The van der Waals surface area contributed by atoms with Gasteiger partial charge >= 0.3 is 7.60 Å². The molecule has 0 unspecified atom stereocenters. The highest BCUT2D eigenvalue weighted by Gasteiger charge is 2.00. The van der Waals surface area contributed by atoms with Crippen LogP contribution in [0.4, 0.5) is 0 Å². The van der Waals surface area contributed by atoms with Crippen molar-refractivity contribution in [3.8, 4) is 0 Å². The van der Waals surface area contributed by atoms with Gasteiger partial charge in [-0.05, 0) is 12.2 Å². The molecule has 0 saturated carbocycles. The molecule has 0 fully saturated rings. The van der Waals surface area contributed by atoms with Gasteiger partial charge in [-0.1, -0.05) is 19.7 Å². The van der Waals surface area contributed by atoms with E-state index in [2.05, 4.69) is 31.2 Å². The van der Waals surface area contributed by atoms with Crippen molar-refractivity contribution in [3.05, 3.63) is 37.7 Å². The van der Waals surface area contributed by atoms with Gasteiger partial charge in [-0.25, -0.2) is 0 Å². The maximum atomic E-state index is 9.58. The fourth-order valence-electron chi connectivity index (χ4n) is 0. The Morgan fingerprint density at radius 2 is 1.12 bits per heavy atom. The summed E-state index contributed by atoms with van der Waals surface area (Å²) in [5.74, 6) is -0.359. The molecule has 2 amide bonds. The van der Waals surface area contributed by atoms with E-state index in [0.717, 1.165) is 12.2 Å². The molecule has 0 saturated heterocycles. The molecule has 0 rings (SSSR count). The smallest absolute Gasteiger partial charge is 0.348 e. The maximum absolute atomic E-state index is 9.58. The van der Waals surface area contributed by atoms with Crippen LogP contribution < -0.4 is 11.5 Å². The highest BCUT2D eigenvalue weighted by atomic mass is 31.2. The summed E-state index contributed by atoms with van der Waals surface area (Å²) < 4.78 is 9.58. The fourth-order valence-corrected chi connectivity index (χ4v) is 0. The topological polar surface area (TPSA) is 144 Å². The molecule has 0 aromatic carbocycles. The molecule has 0 aliphatic rings. The summed E-state index contributed by atoms with van der Waals surface area (Å²) in [6, 6.07) is 0. The van der Waals surface area contributed by atoms with Crippen LogP contribution in [0.25, 0.3) is 0 Å². The highest BCUT2D eigenvalue weighted by molar-refractivity contribution is 7.55. The van der Waals surface area contributed by atoms with Crippen LogP contribution in [0, 0.1) is 0 Å². The van der Waals surface area contributed by atoms with Gasteiger partial charge in [0.1, 0.15) is 0 Å². The molecule has 7 nitrogen and oxygen atoms in total. The Morgan fingerprint density at radius 1 is 1.00 bits per heavy atom. The van der Waals surface area contributed by atoms with Gasteiger partial charge in [0.25, 0.3) is 0 Å². The third kappa shape index (κ3) is 55.8. The van der Waals surface area contributed by atoms with Crippen LogP contribution in [0.5, 0.6) is 0 Å². The number of carbonyl (C=O) groups is 2. The molecule has 0 aliphatic heterocycles. The van der Waals surface area contributed by atoms with Crippen molar-refractivity contribution in [2.75, 3.05) is 0 Å². The Labute approximate surface area is 93.3 Å². The summed E-state index contributed by atoms with van der Waals surface area (Å²) in [5.41, 5.74) is 9.07. The summed E-state index contributed by atoms with van der Waals surface area (Å²) in [5, 5.41) is 0. The van der Waals surface area contributed by atoms with Gasteiger partial charge in [0, 0.05) is 5.82 Å². The number of hydrogen-bond donors (Lipinski definition) is 4. The third-order valence-electron chi connectivity index (χ3n) is 0.640. The lowest BCUT2D eigenvalue weighted by Crippen LogP contribution is -2.04. The molecule has 8 heteroatoms. The van der Waals surface area contributed by atoms with Crippen molar-refractivity contribution in [3.63, 3.8) is 0 Å². The van der Waals surface area contributed by atoms with E-state index in [0.29, 0.717) is 5.82 Å². The zero-order valence-corrected chi connectivity index (χ0v) is 9.47. The molecule has 0 aromatic heterocycles. The van der Waals surface area contributed by atoms with Crippen molar-refractivity contribution >= 4 is 19.4 Å². The maximum Gasteiger partial charge on any atom is 0.348 e. The Kier molecular flexibility index (Phi) is 14.1. The predicted molar refractivity (Wildman–Crippen MR) is 61.0 cm³/mol. The van der Waals surface area contributed by atoms with Crippen molar-refractivity contribution in [1.29, 1.82) is 0 Å². The van der Waals surface area contributed by atoms with Crippen LogP contribution in [-0.2, 0) is 14.2 Å². The van der Waals surface area contributed by atoms with Crippen molar-refractivity contribution in [2.45, 2.75) is 0 Å². The van der Waals surface area contributed by atoms with Gasteiger partial charge in [-0.3, -0.25) is 14.2 Å². The number of carbonyl (C=O) groups excluding carboxylic acids is 2. The van der Waals surface area contributed by atoms with Crippen molar-refractivity contribution in [1.82, 2.24) is 0 Å². The van der Waals surface area contributed by atoms with Crippen LogP contribution in [0.15, 0.2) is 37.7 Å². The molecular formula is C8H15N2O5P. The normalized spacial score (nSPS) is 8.12. The minimum absolute atomic E-state index is 0.481. The molecule has 0 aliphatic carbocycles. The van der Waals surface area contributed by atoms with Crippen LogP contribution in [0.3, 0.4) is 0 Å². The molecule has 0 spiro atoms. The average molecular weight is 250 g/mol. The van der Waals surface area contributed by atoms with Crippen LogP contribution >= 0.6 is 7.60 Å². The first-order chi connectivity index (χ1) is 7.10. The number of hydrogen-bond acceptors (Lipinski definition) is 3. The number of nitrogens with two attached hydrogens (primary N) is 2. The second-order valence-electron chi connectivity index (χ2n) is 1.98. The summed E-state index contributed by atoms with van der Waals surface area (Å²) >= 11 is 0. The van der Waals surface area contributed by atoms with E-state index >= 15 is 0 Å².